The minimum absolute atomic E-state index is 0.0821. The van der Waals surface area contributed by atoms with Gasteiger partial charge in [-0.1, -0.05) is 83.4 Å². The lowest BCUT2D eigenvalue weighted by Crippen LogP contribution is -2.33. The number of fused-ring (bicyclic) bond motifs is 5. The first kappa shape index (κ1) is 21.1. The highest BCUT2D eigenvalue weighted by atomic mass is 35.5. The molecular formula is C30H24ClNO2. The lowest BCUT2D eigenvalue weighted by atomic mass is 9.85. The van der Waals surface area contributed by atoms with Crippen LogP contribution >= 0.6 is 11.6 Å². The third-order valence-electron chi connectivity index (χ3n) is 7.47. The van der Waals surface area contributed by atoms with Gasteiger partial charge in [-0.15, -0.1) is 0 Å². The molecule has 168 valence electrons. The van der Waals surface area contributed by atoms with Crippen LogP contribution in [0.15, 0.2) is 90.5 Å². The van der Waals surface area contributed by atoms with E-state index in [0.29, 0.717) is 10.7 Å². The van der Waals surface area contributed by atoms with Crippen LogP contribution in [0, 0.1) is 37.5 Å². The minimum atomic E-state index is -0.362. The van der Waals surface area contributed by atoms with E-state index in [-0.39, 0.29) is 35.5 Å². The molecule has 6 rings (SSSR count). The summed E-state index contributed by atoms with van der Waals surface area (Å²) in [4.78, 5) is 28.6. The van der Waals surface area contributed by atoms with E-state index in [1.165, 1.54) is 21.6 Å². The van der Waals surface area contributed by atoms with Gasteiger partial charge in [-0.25, -0.2) is 4.90 Å². The molecule has 2 aliphatic carbocycles. The van der Waals surface area contributed by atoms with Gasteiger partial charge in [-0.2, -0.15) is 0 Å². The molecule has 4 heteroatoms. The lowest BCUT2D eigenvalue weighted by Gasteiger charge is -2.22. The van der Waals surface area contributed by atoms with Crippen molar-refractivity contribution in [3.05, 3.63) is 118 Å². The van der Waals surface area contributed by atoms with Crippen molar-refractivity contribution >= 4 is 34.7 Å². The summed E-state index contributed by atoms with van der Waals surface area (Å²) >= 11 is 6.03. The van der Waals surface area contributed by atoms with Crippen LogP contribution in [0.1, 0.15) is 22.3 Å². The van der Waals surface area contributed by atoms with E-state index in [1.54, 1.807) is 24.3 Å². The number of benzene rings is 3. The fourth-order valence-corrected chi connectivity index (χ4v) is 6.01. The van der Waals surface area contributed by atoms with E-state index in [4.69, 9.17) is 11.6 Å². The third kappa shape index (κ3) is 3.11. The largest absolute Gasteiger partial charge is 0.274 e. The summed E-state index contributed by atoms with van der Waals surface area (Å²) in [6.45, 7) is 4.16. The fraction of sp³-hybridized carbons (Fsp3) is 0.200. The molecule has 1 saturated carbocycles. The van der Waals surface area contributed by atoms with Crippen LogP contribution < -0.4 is 4.90 Å². The van der Waals surface area contributed by atoms with Crippen molar-refractivity contribution in [1.29, 1.82) is 0 Å². The van der Waals surface area contributed by atoms with Crippen molar-refractivity contribution in [3.8, 4) is 0 Å². The Bertz CT molecular complexity index is 1290. The normalized spacial score (nSPS) is 24.8. The quantitative estimate of drug-likeness (QED) is 0.332. The number of hydrogen-bond donors (Lipinski definition) is 0. The number of anilines is 1. The molecule has 3 aliphatic rings. The molecule has 1 aliphatic heterocycles. The Kier molecular flexibility index (Phi) is 4.86. The van der Waals surface area contributed by atoms with Gasteiger partial charge >= 0.3 is 0 Å². The van der Waals surface area contributed by atoms with Gasteiger partial charge in [0.15, 0.2) is 0 Å². The molecule has 2 amide bonds. The minimum Gasteiger partial charge on any atom is -0.274 e. The first-order valence-electron chi connectivity index (χ1n) is 11.6. The summed E-state index contributed by atoms with van der Waals surface area (Å²) < 4.78 is 0. The van der Waals surface area contributed by atoms with Crippen molar-refractivity contribution in [2.45, 2.75) is 13.8 Å². The number of amides is 2. The van der Waals surface area contributed by atoms with Crippen molar-refractivity contribution in [2.75, 3.05) is 4.90 Å². The number of hydrogen-bond acceptors (Lipinski definition) is 2. The number of rotatable bonds is 3. The maximum Gasteiger partial charge on any atom is 0.238 e. The molecule has 0 spiro atoms. The van der Waals surface area contributed by atoms with E-state index in [1.807, 2.05) is 0 Å². The number of carbonyl (C=O) groups is 2. The van der Waals surface area contributed by atoms with Crippen molar-refractivity contribution in [3.63, 3.8) is 0 Å². The van der Waals surface area contributed by atoms with Crippen LogP contribution in [0.2, 0.25) is 5.02 Å². The van der Waals surface area contributed by atoms with E-state index in [2.05, 4.69) is 74.5 Å². The van der Waals surface area contributed by atoms with Crippen LogP contribution in [0.4, 0.5) is 5.69 Å². The van der Waals surface area contributed by atoms with Crippen LogP contribution in [-0.4, -0.2) is 11.8 Å². The number of halogens is 1. The highest BCUT2D eigenvalue weighted by Gasteiger charge is 2.62. The van der Waals surface area contributed by atoms with Gasteiger partial charge in [0.05, 0.1) is 17.5 Å². The molecule has 0 unspecified atom stereocenters. The number of imide groups is 1. The molecule has 2 fully saturated rings. The molecule has 2 bridgehead atoms. The number of aryl methyl sites for hydroxylation is 2. The highest BCUT2D eigenvalue weighted by Crippen LogP contribution is 2.58. The van der Waals surface area contributed by atoms with Gasteiger partial charge in [0.25, 0.3) is 0 Å². The van der Waals surface area contributed by atoms with Gasteiger partial charge in [-0.05, 0) is 60.4 Å². The van der Waals surface area contributed by atoms with E-state index in [9.17, 15) is 9.59 Å². The second-order valence-electron chi connectivity index (χ2n) is 9.54. The van der Waals surface area contributed by atoms with Crippen LogP contribution in [0.25, 0.3) is 5.57 Å². The number of nitrogens with zero attached hydrogens (tertiary/aromatic N) is 1. The lowest BCUT2D eigenvalue weighted by molar-refractivity contribution is -0.122. The molecular weight excluding hydrogens is 442 g/mol. The monoisotopic (exact) mass is 465 g/mol. The fourth-order valence-electron chi connectivity index (χ4n) is 5.88. The summed E-state index contributed by atoms with van der Waals surface area (Å²) in [6.07, 6.45) is 4.28. The Morgan fingerprint density at radius 1 is 0.676 bits per heavy atom. The summed E-state index contributed by atoms with van der Waals surface area (Å²) in [5.41, 5.74) is 7.58. The molecule has 4 atom stereocenters. The molecule has 0 N–H and O–H groups in total. The van der Waals surface area contributed by atoms with Crippen molar-refractivity contribution in [1.82, 2.24) is 0 Å². The molecule has 0 aromatic heterocycles. The summed E-state index contributed by atoms with van der Waals surface area (Å²) in [6, 6.07) is 24.0. The molecule has 0 radical (unpaired) electrons. The molecule has 3 nitrogen and oxygen atoms in total. The smallest absolute Gasteiger partial charge is 0.238 e. The average Bonchev–Trinajstić information content (AvgIpc) is 3.47. The van der Waals surface area contributed by atoms with Crippen LogP contribution in [-0.2, 0) is 9.59 Å². The maximum absolute atomic E-state index is 13.6. The van der Waals surface area contributed by atoms with Crippen molar-refractivity contribution in [2.24, 2.45) is 23.7 Å². The molecule has 3 aromatic carbocycles. The molecule has 1 saturated heterocycles. The number of carbonyl (C=O) groups excluding carboxylic acids is 2. The zero-order valence-electron chi connectivity index (χ0n) is 19.0. The van der Waals surface area contributed by atoms with E-state index >= 15 is 0 Å². The van der Waals surface area contributed by atoms with Gasteiger partial charge < -0.3 is 0 Å². The van der Waals surface area contributed by atoms with E-state index in [0.717, 1.165) is 16.7 Å². The second-order valence-corrected chi connectivity index (χ2v) is 9.98. The Morgan fingerprint density at radius 2 is 1.12 bits per heavy atom. The van der Waals surface area contributed by atoms with E-state index < -0.39 is 0 Å². The Hall–Kier alpha value is -3.43. The van der Waals surface area contributed by atoms with Gasteiger partial charge in [0.2, 0.25) is 11.8 Å². The molecule has 34 heavy (non-hydrogen) atoms. The van der Waals surface area contributed by atoms with Crippen molar-refractivity contribution < 1.29 is 9.59 Å². The predicted octanol–water partition coefficient (Wildman–Crippen LogP) is 6.38. The Labute approximate surface area is 204 Å². The molecule has 1 heterocycles. The zero-order chi connectivity index (χ0) is 23.6. The van der Waals surface area contributed by atoms with Crippen LogP contribution in [0.5, 0.6) is 0 Å². The maximum atomic E-state index is 13.6. The summed E-state index contributed by atoms with van der Waals surface area (Å²) in [7, 11) is 0. The first-order chi connectivity index (χ1) is 16.4. The predicted molar refractivity (Wildman–Crippen MR) is 135 cm³/mol. The standard InChI is InChI=1S/C30H24ClNO2/c1-17-3-7-19(8-4-17)25(20-9-5-18(2)6-10-20)26-23-15-16-24(26)28-27(23)29(33)32(30(28)34)22-13-11-21(31)12-14-22/h3-16,23-24,27-28H,1-2H3/t23-,24+,27-,28-/m1/s1. The third-order valence-corrected chi connectivity index (χ3v) is 7.72. The Balaban J connectivity index is 1.48. The first-order valence-corrected chi connectivity index (χ1v) is 12.0. The highest BCUT2D eigenvalue weighted by molar-refractivity contribution is 6.31. The zero-order valence-corrected chi connectivity index (χ0v) is 19.8. The van der Waals surface area contributed by atoms with Crippen LogP contribution in [0.3, 0.4) is 0 Å². The van der Waals surface area contributed by atoms with Gasteiger partial charge in [-0.3, -0.25) is 9.59 Å². The van der Waals surface area contributed by atoms with Gasteiger partial charge in [0.1, 0.15) is 0 Å². The second kappa shape index (κ2) is 7.82. The average molecular weight is 466 g/mol. The number of allylic oxidation sites excluding steroid dienone is 3. The summed E-state index contributed by atoms with van der Waals surface area (Å²) in [5.74, 6) is -1.11. The Morgan fingerprint density at radius 3 is 1.56 bits per heavy atom. The summed E-state index contributed by atoms with van der Waals surface area (Å²) in [5, 5.41) is 0.579. The SMILES string of the molecule is Cc1ccc(C(=C2[C@H]3C=C[C@@H]2[C@H]2C(=O)N(c4ccc(Cl)cc4)C(=O)[C@@H]23)c2ccc(C)cc2)cc1. The topological polar surface area (TPSA) is 37.4 Å². The molecule has 3 aromatic rings. The van der Waals surface area contributed by atoms with Gasteiger partial charge in [0, 0.05) is 16.9 Å².